The van der Waals surface area contributed by atoms with Crippen LogP contribution in [0.25, 0.3) is 6.08 Å². The van der Waals surface area contributed by atoms with Gasteiger partial charge in [0, 0.05) is 5.56 Å². The lowest BCUT2D eigenvalue weighted by atomic mass is 10.0. The molecular formula is C22H18N2O4. The molecule has 3 rings (SSSR count). The minimum absolute atomic E-state index is 0.0490. The van der Waals surface area contributed by atoms with Crippen LogP contribution >= 0.6 is 0 Å². The summed E-state index contributed by atoms with van der Waals surface area (Å²) in [5.41, 5.74) is 2.39. The molecule has 1 N–H and O–H groups in total. The summed E-state index contributed by atoms with van der Waals surface area (Å²) >= 11 is 0. The Kier molecular flexibility index (Phi) is 5.28. The van der Waals surface area contributed by atoms with E-state index >= 15 is 0 Å². The predicted octanol–water partition coefficient (Wildman–Crippen LogP) is 2.98. The number of hydrogen-bond acceptors (Lipinski definition) is 4. The Morgan fingerprint density at radius 3 is 2.64 bits per heavy atom. The Morgan fingerprint density at radius 2 is 1.89 bits per heavy atom. The average molecular weight is 374 g/mol. The van der Waals surface area contributed by atoms with Gasteiger partial charge in [-0.3, -0.25) is 14.9 Å². The molecule has 0 bridgehead atoms. The van der Waals surface area contributed by atoms with E-state index < -0.39 is 17.8 Å². The molecule has 1 aliphatic rings. The van der Waals surface area contributed by atoms with Crippen LogP contribution in [0.1, 0.15) is 16.7 Å². The van der Waals surface area contributed by atoms with Crippen molar-refractivity contribution in [3.8, 4) is 18.1 Å². The maximum Gasteiger partial charge on any atom is 0.335 e. The number of terminal acetylenes is 1. The highest BCUT2D eigenvalue weighted by molar-refractivity contribution is 6.39. The summed E-state index contributed by atoms with van der Waals surface area (Å²) in [6.45, 7) is 3.70. The van der Waals surface area contributed by atoms with Crippen LogP contribution in [-0.2, 0) is 9.59 Å². The van der Waals surface area contributed by atoms with Crippen molar-refractivity contribution < 1.29 is 19.1 Å². The lowest BCUT2D eigenvalue weighted by molar-refractivity contribution is -0.122. The highest BCUT2D eigenvalue weighted by Gasteiger charge is 2.37. The van der Waals surface area contributed by atoms with E-state index in [0.717, 1.165) is 16.0 Å². The van der Waals surface area contributed by atoms with Gasteiger partial charge >= 0.3 is 6.03 Å². The van der Waals surface area contributed by atoms with Crippen molar-refractivity contribution in [2.45, 2.75) is 13.8 Å². The fourth-order valence-corrected chi connectivity index (χ4v) is 2.84. The molecule has 1 aliphatic heterocycles. The second-order valence-electron chi connectivity index (χ2n) is 6.28. The normalized spacial score (nSPS) is 15.4. The van der Waals surface area contributed by atoms with Crippen molar-refractivity contribution in [1.29, 1.82) is 0 Å². The zero-order valence-electron chi connectivity index (χ0n) is 15.5. The Bertz CT molecular complexity index is 1050. The third kappa shape index (κ3) is 3.64. The fourth-order valence-electron chi connectivity index (χ4n) is 2.84. The van der Waals surface area contributed by atoms with Crippen LogP contribution in [0.3, 0.4) is 0 Å². The van der Waals surface area contributed by atoms with Gasteiger partial charge in [-0.15, -0.1) is 6.42 Å². The number of nitrogens with one attached hydrogen (secondary N) is 1. The first-order valence-corrected chi connectivity index (χ1v) is 8.56. The summed E-state index contributed by atoms with van der Waals surface area (Å²) in [4.78, 5) is 38.8. The molecule has 6 nitrogen and oxygen atoms in total. The quantitative estimate of drug-likeness (QED) is 0.507. The van der Waals surface area contributed by atoms with E-state index in [9.17, 15) is 14.4 Å². The maximum atomic E-state index is 13.0. The maximum absolute atomic E-state index is 13.0. The van der Waals surface area contributed by atoms with E-state index in [2.05, 4.69) is 11.2 Å². The number of ether oxygens (including phenoxy) is 1. The van der Waals surface area contributed by atoms with Gasteiger partial charge in [-0.2, -0.15) is 0 Å². The number of carbonyl (C=O) groups is 3. The number of benzene rings is 2. The number of amides is 4. The summed E-state index contributed by atoms with van der Waals surface area (Å²) in [5, 5.41) is 2.22. The monoisotopic (exact) mass is 374 g/mol. The molecule has 0 radical (unpaired) electrons. The minimum atomic E-state index is -0.780. The van der Waals surface area contributed by atoms with Gasteiger partial charge < -0.3 is 4.74 Å². The van der Waals surface area contributed by atoms with Crippen LogP contribution in [0.2, 0.25) is 0 Å². The molecule has 0 atom stereocenters. The number of urea groups is 1. The molecule has 0 spiro atoms. The lowest BCUT2D eigenvalue weighted by Crippen LogP contribution is -2.54. The Labute approximate surface area is 162 Å². The lowest BCUT2D eigenvalue weighted by Gasteiger charge is -2.28. The standard InChI is InChI=1S/C22H18N2O4/c1-4-11-28-19-8-6-5-7-16(19)13-17-20(25)23-22(27)24(21(17)26)18-12-14(2)9-10-15(18)3/h1,5-10,12-13H,11H2,2-3H3,(H,23,25,27)/b17-13+. The van der Waals surface area contributed by atoms with Gasteiger partial charge in [0.15, 0.2) is 0 Å². The van der Waals surface area contributed by atoms with Gasteiger partial charge in [-0.1, -0.05) is 36.3 Å². The van der Waals surface area contributed by atoms with Crippen LogP contribution in [0.15, 0.2) is 48.0 Å². The van der Waals surface area contributed by atoms with Gasteiger partial charge in [-0.25, -0.2) is 9.69 Å². The largest absolute Gasteiger partial charge is 0.480 e. The van der Waals surface area contributed by atoms with E-state index in [4.69, 9.17) is 11.2 Å². The summed E-state index contributed by atoms with van der Waals surface area (Å²) < 4.78 is 5.46. The molecule has 1 fully saturated rings. The van der Waals surface area contributed by atoms with Crippen molar-refractivity contribution >= 4 is 29.6 Å². The summed E-state index contributed by atoms with van der Waals surface area (Å²) in [6.07, 6.45) is 6.62. The molecule has 0 saturated carbocycles. The molecule has 1 saturated heterocycles. The summed E-state index contributed by atoms with van der Waals surface area (Å²) in [5.74, 6) is 1.34. The number of anilines is 1. The molecule has 0 aromatic heterocycles. The van der Waals surface area contributed by atoms with E-state index in [0.29, 0.717) is 17.0 Å². The van der Waals surface area contributed by atoms with Crippen molar-refractivity contribution in [3.05, 3.63) is 64.7 Å². The first kappa shape index (κ1) is 18.9. The van der Waals surface area contributed by atoms with Crippen LogP contribution in [0.4, 0.5) is 10.5 Å². The molecule has 2 aromatic rings. The number of nitrogens with zero attached hydrogens (tertiary/aromatic N) is 1. The third-order valence-electron chi connectivity index (χ3n) is 4.24. The van der Waals surface area contributed by atoms with E-state index in [-0.39, 0.29) is 12.2 Å². The predicted molar refractivity (Wildman–Crippen MR) is 106 cm³/mol. The highest BCUT2D eigenvalue weighted by Crippen LogP contribution is 2.28. The van der Waals surface area contributed by atoms with E-state index in [1.54, 1.807) is 37.3 Å². The van der Waals surface area contributed by atoms with Crippen LogP contribution in [0, 0.1) is 26.2 Å². The van der Waals surface area contributed by atoms with E-state index in [1.165, 1.54) is 6.08 Å². The number of imide groups is 2. The first-order chi connectivity index (χ1) is 13.4. The first-order valence-electron chi connectivity index (χ1n) is 8.56. The fraction of sp³-hybridized carbons (Fsp3) is 0.136. The second-order valence-corrected chi connectivity index (χ2v) is 6.28. The summed E-state index contributed by atoms with van der Waals surface area (Å²) in [7, 11) is 0. The average Bonchev–Trinajstić information content (AvgIpc) is 2.66. The topological polar surface area (TPSA) is 75.7 Å². The van der Waals surface area contributed by atoms with Crippen LogP contribution in [-0.4, -0.2) is 24.5 Å². The van der Waals surface area contributed by atoms with Gasteiger partial charge in [0.05, 0.1) is 5.69 Å². The number of barbiturate groups is 1. The zero-order valence-corrected chi connectivity index (χ0v) is 15.5. The Balaban J connectivity index is 2.05. The van der Waals surface area contributed by atoms with Crippen molar-refractivity contribution in [1.82, 2.24) is 5.32 Å². The molecule has 4 amide bonds. The number of rotatable bonds is 4. The third-order valence-corrected chi connectivity index (χ3v) is 4.24. The van der Waals surface area contributed by atoms with Gasteiger partial charge in [0.1, 0.15) is 17.9 Å². The number of carbonyl (C=O) groups excluding carboxylic acids is 3. The van der Waals surface area contributed by atoms with Crippen LogP contribution in [0.5, 0.6) is 5.75 Å². The van der Waals surface area contributed by atoms with Crippen LogP contribution < -0.4 is 15.0 Å². The molecule has 28 heavy (non-hydrogen) atoms. The van der Waals surface area contributed by atoms with Gasteiger partial charge in [0.2, 0.25) is 0 Å². The van der Waals surface area contributed by atoms with Crippen molar-refractivity contribution in [2.75, 3.05) is 11.5 Å². The molecule has 6 heteroatoms. The summed E-state index contributed by atoms with van der Waals surface area (Å²) in [6, 6.07) is 11.5. The molecular weight excluding hydrogens is 356 g/mol. The molecule has 0 aliphatic carbocycles. The highest BCUT2D eigenvalue weighted by atomic mass is 16.5. The number of aryl methyl sites for hydroxylation is 2. The Morgan fingerprint density at radius 1 is 1.14 bits per heavy atom. The zero-order chi connectivity index (χ0) is 20.3. The van der Waals surface area contributed by atoms with Crippen molar-refractivity contribution in [3.63, 3.8) is 0 Å². The molecule has 2 aromatic carbocycles. The SMILES string of the molecule is C#CCOc1ccccc1/C=C1\C(=O)NC(=O)N(c2cc(C)ccc2C)C1=O. The number of para-hydroxylation sites is 1. The second kappa shape index (κ2) is 7.80. The molecule has 0 unspecified atom stereocenters. The van der Waals surface area contributed by atoms with Gasteiger partial charge in [0.25, 0.3) is 11.8 Å². The van der Waals surface area contributed by atoms with Gasteiger partial charge in [-0.05, 0) is 43.2 Å². The van der Waals surface area contributed by atoms with Crippen molar-refractivity contribution in [2.24, 2.45) is 0 Å². The smallest absolute Gasteiger partial charge is 0.335 e. The molecule has 1 heterocycles. The number of hydrogen-bond donors (Lipinski definition) is 1. The molecule has 140 valence electrons. The Hall–Kier alpha value is -3.85. The minimum Gasteiger partial charge on any atom is -0.480 e. The van der Waals surface area contributed by atoms with E-state index in [1.807, 2.05) is 19.1 Å².